The zero-order valence-electron chi connectivity index (χ0n) is 10.7. The van der Waals surface area contributed by atoms with Crippen LogP contribution >= 0.6 is 0 Å². The third-order valence-electron chi connectivity index (χ3n) is 3.65. The Morgan fingerprint density at radius 3 is 2.67 bits per heavy atom. The molecule has 2 aromatic heterocycles. The molecule has 0 aromatic carbocycles. The van der Waals surface area contributed by atoms with E-state index in [2.05, 4.69) is 16.1 Å². The molecule has 96 valence electrons. The Morgan fingerprint density at radius 1 is 1.17 bits per heavy atom. The predicted molar refractivity (Wildman–Crippen MR) is 73.3 cm³/mol. The van der Waals surface area contributed by atoms with Gasteiger partial charge in [0.2, 0.25) is 0 Å². The van der Waals surface area contributed by atoms with Crippen molar-refractivity contribution in [1.82, 2.24) is 14.3 Å². The summed E-state index contributed by atoms with van der Waals surface area (Å²) in [5, 5.41) is 0. The first-order valence-electron chi connectivity index (χ1n) is 6.77. The van der Waals surface area contributed by atoms with Gasteiger partial charge in [-0.05, 0) is 38.1 Å². The van der Waals surface area contributed by atoms with Crippen molar-refractivity contribution in [2.75, 3.05) is 18.8 Å². The van der Waals surface area contributed by atoms with Gasteiger partial charge in [-0.2, -0.15) is 0 Å². The molecule has 0 radical (unpaired) electrons. The standard InChI is InChI=1S/C14H20N4/c15-13-6-5-9-18-11-12(16-14(13)18)10-17-7-3-1-2-4-8-17/h5-6,9,11H,1-4,7-8,10,15H2. The molecular weight excluding hydrogens is 224 g/mol. The van der Waals surface area contributed by atoms with Gasteiger partial charge in [0, 0.05) is 18.9 Å². The van der Waals surface area contributed by atoms with E-state index in [1.165, 1.54) is 38.8 Å². The molecule has 2 N–H and O–H groups in total. The van der Waals surface area contributed by atoms with Crippen molar-refractivity contribution in [3.05, 3.63) is 30.2 Å². The number of rotatable bonds is 2. The van der Waals surface area contributed by atoms with Crippen LogP contribution in [0, 0.1) is 0 Å². The van der Waals surface area contributed by atoms with E-state index >= 15 is 0 Å². The van der Waals surface area contributed by atoms with Crippen molar-refractivity contribution >= 4 is 11.3 Å². The first kappa shape index (κ1) is 11.5. The van der Waals surface area contributed by atoms with Gasteiger partial charge in [-0.25, -0.2) is 4.98 Å². The summed E-state index contributed by atoms with van der Waals surface area (Å²) in [6.45, 7) is 3.34. The van der Waals surface area contributed by atoms with E-state index in [4.69, 9.17) is 5.73 Å². The van der Waals surface area contributed by atoms with Gasteiger partial charge in [0.05, 0.1) is 11.4 Å². The van der Waals surface area contributed by atoms with E-state index in [0.717, 1.165) is 23.6 Å². The molecule has 1 saturated heterocycles. The summed E-state index contributed by atoms with van der Waals surface area (Å²) in [5.41, 5.74) is 8.68. The lowest BCUT2D eigenvalue weighted by Crippen LogP contribution is -2.24. The maximum Gasteiger partial charge on any atom is 0.160 e. The van der Waals surface area contributed by atoms with Crippen LogP contribution in [0.3, 0.4) is 0 Å². The minimum atomic E-state index is 0.750. The van der Waals surface area contributed by atoms with Crippen molar-refractivity contribution in [1.29, 1.82) is 0 Å². The highest BCUT2D eigenvalue weighted by Crippen LogP contribution is 2.16. The fourth-order valence-electron chi connectivity index (χ4n) is 2.69. The number of hydrogen-bond acceptors (Lipinski definition) is 3. The Bertz CT molecular complexity index is 524. The van der Waals surface area contributed by atoms with Crippen LogP contribution in [0.15, 0.2) is 24.5 Å². The Labute approximate surface area is 107 Å². The molecule has 2 aromatic rings. The Hall–Kier alpha value is -1.55. The second kappa shape index (κ2) is 4.98. The van der Waals surface area contributed by atoms with Gasteiger partial charge in [0.15, 0.2) is 5.65 Å². The van der Waals surface area contributed by atoms with E-state index in [1.54, 1.807) is 0 Å². The fourth-order valence-corrected chi connectivity index (χ4v) is 2.69. The molecule has 0 bridgehead atoms. The molecule has 1 aliphatic heterocycles. The number of nitrogens with zero attached hydrogens (tertiary/aromatic N) is 3. The molecule has 0 unspecified atom stereocenters. The lowest BCUT2D eigenvalue weighted by molar-refractivity contribution is 0.274. The van der Waals surface area contributed by atoms with Crippen LogP contribution < -0.4 is 5.73 Å². The zero-order chi connectivity index (χ0) is 12.4. The summed E-state index contributed by atoms with van der Waals surface area (Å²) in [6, 6.07) is 3.86. The molecular formula is C14H20N4. The highest BCUT2D eigenvalue weighted by molar-refractivity contribution is 5.64. The average Bonchev–Trinajstić information content (AvgIpc) is 2.60. The van der Waals surface area contributed by atoms with Gasteiger partial charge in [-0.1, -0.05) is 12.8 Å². The van der Waals surface area contributed by atoms with Gasteiger partial charge in [-0.3, -0.25) is 4.90 Å². The largest absolute Gasteiger partial charge is 0.396 e. The van der Waals surface area contributed by atoms with Gasteiger partial charge < -0.3 is 10.1 Å². The third kappa shape index (κ3) is 2.34. The van der Waals surface area contributed by atoms with E-state index in [-0.39, 0.29) is 0 Å². The van der Waals surface area contributed by atoms with Crippen molar-refractivity contribution < 1.29 is 0 Å². The summed E-state index contributed by atoms with van der Waals surface area (Å²) in [5.74, 6) is 0. The molecule has 3 rings (SSSR count). The minimum absolute atomic E-state index is 0.750. The number of nitrogen functional groups attached to an aromatic ring is 1. The lowest BCUT2D eigenvalue weighted by Gasteiger charge is -2.17. The molecule has 3 heterocycles. The van der Waals surface area contributed by atoms with E-state index in [0.29, 0.717) is 0 Å². The summed E-state index contributed by atoms with van der Waals surface area (Å²) in [6.07, 6.45) is 9.47. The molecule has 4 nitrogen and oxygen atoms in total. The highest BCUT2D eigenvalue weighted by Gasteiger charge is 2.12. The Morgan fingerprint density at radius 2 is 1.94 bits per heavy atom. The van der Waals surface area contributed by atoms with Crippen molar-refractivity contribution in [3.63, 3.8) is 0 Å². The molecule has 18 heavy (non-hydrogen) atoms. The molecule has 0 atom stereocenters. The summed E-state index contributed by atoms with van der Waals surface area (Å²) < 4.78 is 2.02. The van der Waals surface area contributed by atoms with Crippen LogP contribution in [-0.4, -0.2) is 27.4 Å². The molecule has 1 aliphatic rings. The summed E-state index contributed by atoms with van der Waals surface area (Å²) >= 11 is 0. The predicted octanol–water partition coefficient (Wildman–Crippen LogP) is 2.29. The summed E-state index contributed by atoms with van der Waals surface area (Å²) in [7, 11) is 0. The number of pyridine rings is 1. The van der Waals surface area contributed by atoms with Crippen LogP contribution in [0.4, 0.5) is 5.69 Å². The number of likely N-dealkylation sites (tertiary alicyclic amines) is 1. The van der Waals surface area contributed by atoms with Crippen LogP contribution in [0.25, 0.3) is 5.65 Å². The maximum absolute atomic E-state index is 5.93. The molecule has 1 fully saturated rings. The highest BCUT2D eigenvalue weighted by atomic mass is 15.1. The van der Waals surface area contributed by atoms with Crippen molar-refractivity contribution in [3.8, 4) is 0 Å². The van der Waals surface area contributed by atoms with Gasteiger partial charge >= 0.3 is 0 Å². The van der Waals surface area contributed by atoms with Gasteiger partial charge in [-0.15, -0.1) is 0 Å². The van der Waals surface area contributed by atoms with Crippen LogP contribution in [0.5, 0.6) is 0 Å². The van der Waals surface area contributed by atoms with Crippen LogP contribution in [-0.2, 0) is 6.54 Å². The maximum atomic E-state index is 5.93. The molecule has 0 spiro atoms. The number of fused-ring (bicyclic) bond motifs is 1. The third-order valence-corrected chi connectivity index (χ3v) is 3.65. The molecule has 0 aliphatic carbocycles. The van der Waals surface area contributed by atoms with E-state index in [1.807, 2.05) is 22.7 Å². The second-order valence-electron chi connectivity index (χ2n) is 5.12. The number of anilines is 1. The number of aromatic nitrogens is 2. The first-order chi connectivity index (χ1) is 8.83. The number of nitrogens with two attached hydrogens (primary N) is 1. The van der Waals surface area contributed by atoms with Crippen LogP contribution in [0.1, 0.15) is 31.4 Å². The fraction of sp³-hybridized carbons (Fsp3) is 0.500. The van der Waals surface area contributed by atoms with Crippen LogP contribution in [0.2, 0.25) is 0 Å². The van der Waals surface area contributed by atoms with Crippen molar-refractivity contribution in [2.45, 2.75) is 32.2 Å². The van der Waals surface area contributed by atoms with E-state index < -0.39 is 0 Å². The quantitative estimate of drug-likeness (QED) is 0.881. The Kier molecular flexibility index (Phi) is 3.19. The first-order valence-corrected chi connectivity index (χ1v) is 6.77. The molecule has 0 amide bonds. The molecule has 0 saturated carbocycles. The zero-order valence-corrected chi connectivity index (χ0v) is 10.7. The summed E-state index contributed by atoms with van der Waals surface area (Å²) in [4.78, 5) is 7.14. The number of hydrogen-bond donors (Lipinski definition) is 1. The van der Waals surface area contributed by atoms with Gasteiger partial charge in [0.25, 0.3) is 0 Å². The number of imidazole rings is 1. The minimum Gasteiger partial charge on any atom is -0.396 e. The van der Waals surface area contributed by atoms with E-state index in [9.17, 15) is 0 Å². The monoisotopic (exact) mass is 244 g/mol. The average molecular weight is 244 g/mol. The SMILES string of the molecule is Nc1cccn2cc(CN3CCCCCC3)nc12. The molecule has 4 heteroatoms. The van der Waals surface area contributed by atoms with Crippen molar-refractivity contribution in [2.24, 2.45) is 0 Å². The van der Waals surface area contributed by atoms with Gasteiger partial charge in [0.1, 0.15) is 0 Å². The lowest BCUT2D eigenvalue weighted by atomic mass is 10.2. The second-order valence-corrected chi connectivity index (χ2v) is 5.12. The smallest absolute Gasteiger partial charge is 0.160 e. The topological polar surface area (TPSA) is 46.6 Å². The Balaban J connectivity index is 1.79. The normalized spacial score (nSPS) is 18.0.